The molecule has 2 rings (SSSR count). The number of methoxy groups -OCH3 is 1. The predicted octanol–water partition coefficient (Wildman–Crippen LogP) is 3.35. The van der Waals surface area contributed by atoms with Gasteiger partial charge in [-0.2, -0.15) is 13.2 Å². The number of nitrogen functional groups attached to an aromatic ring is 1. The van der Waals surface area contributed by atoms with E-state index >= 15 is 0 Å². The van der Waals surface area contributed by atoms with E-state index < -0.39 is 18.1 Å². The molecule has 0 aliphatic heterocycles. The minimum absolute atomic E-state index is 0.00151. The van der Waals surface area contributed by atoms with E-state index in [0.717, 1.165) is 11.3 Å². The van der Waals surface area contributed by atoms with Crippen LogP contribution >= 0.6 is 11.3 Å². The first-order valence-corrected chi connectivity index (χ1v) is 7.05. The van der Waals surface area contributed by atoms with Gasteiger partial charge in [-0.05, 0) is 19.3 Å². The van der Waals surface area contributed by atoms with Crippen LogP contribution in [0.15, 0.2) is 0 Å². The number of aromatic nitrogens is 1. The number of anilines is 1. The molecule has 0 amide bonds. The van der Waals surface area contributed by atoms with Crippen molar-refractivity contribution in [1.29, 1.82) is 0 Å². The number of thiazole rings is 1. The standard InChI is InChI=1S/C12H15F3N2O2S/c1-19-11(18)8-9(16)20-10(17-8)6-3-2-4-7(5-6)12(13,14)15/h6-7H,2-5,16H2,1H3. The third-order valence-electron chi connectivity index (χ3n) is 3.54. The maximum Gasteiger partial charge on any atom is 0.391 e. The quantitative estimate of drug-likeness (QED) is 0.851. The van der Waals surface area contributed by atoms with Gasteiger partial charge in [0, 0.05) is 5.92 Å². The fraction of sp³-hybridized carbons (Fsp3) is 0.667. The number of nitrogens with two attached hydrogens (primary N) is 1. The first kappa shape index (κ1) is 15.1. The summed E-state index contributed by atoms with van der Waals surface area (Å²) < 4.78 is 42.9. The molecule has 0 aromatic carbocycles. The zero-order chi connectivity index (χ0) is 14.9. The van der Waals surface area contributed by atoms with Crippen molar-refractivity contribution in [3.63, 3.8) is 0 Å². The average molecular weight is 308 g/mol. The summed E-state index contributed by atoms with van der Waals surface area (Å²) in [6.07, 6.45) is -2.86. The Bertz CT molecular complexity index is 501. The number of rotatable bonds is 2. The van der Waals surface area contributed by atoms with E-state index in [0.29, 0.717) is 17.8 Å². The van der Waals surface area contributed by atoms with Crippen LogP contribution in [0.4, 0.5) is 18.2 Å². The van der Waals surface area contributed by atoms with Crippen molar-refractivity contribution in [2.24, 2.45) is 5.92 Å². The molecule has 112 valence electrons. The highest BCUT2D eigenvalue weighted by Crippen LogP contribution is 2.45. The Kier molecular flexibility index (Phi) is 4.22. The highest BCUT2D eigenvalue weighted by atomic mass is 32.1. The molecule has 0 radical (unpaired) electrons. The van der Waals surface area contributed by atoms with Gasteiger partial charge in [-0.1, -0.05) is 6.42 Å². The van der Waals surface area contributed by atoms with Crippen molar-refractivity contribution in [3.8, 4) is 0 Å². The number of hydrogen-bond donors (Lipinski definition) is 1. The maximum atomic E-state index is 12.8. The number of ether oxygens (including phenoxy) is 1. The van der Waals surface area contributed by atoms with Gasteiger partial charge in [0.05, 0.1) is 18.0 Å². The van der Waals surface area contributed by atoms with Crippen molar-refractivity contribution in [1.82, 2.24) is 4.98 Å². The average Bonchev–Trinajstić information content (AvgIpc) is 2.79. The van der Waals surface area contributed by atoms with Gasteiger partial charge in [0.25, 0.3) is 0 Å². The molecule has 20 heavy (non-hydrogen) atoms. The largest absolute Gasteiger partial charge is 0.464 e. The summed E-state index contributed by atoms with van der Waals surface area (Å²) in [4.78, 5) is 15.5. The maximum absolute atomic E-state index is 12.8. The fourth-order valence-corrected chi connectivity index (χ4v) is 3.45. The summed E-state index contributed by atoms with van der Waals surface area (Å²) in [5.74, 6) is -2.25. The highest BCUT2D eigenvalue weighted by Gasteiger charge is 2.43. The molecule has 1 aromatic heterocycles. The number of carbonyl (C=O) groups is 1. The molecule has 0 bridgehead atoms. The van der Waals surface area contributed by atoms with Crippen LogP contribution < -0.4 is 5.73 Å². The van der Waals surface area contributed by atoms with Crippen LogP contribution in [0, 0.1) is 5.92 Å². The summed E-state index contributed by atoms with van der Waals surface area (Å²) in [6.45, 7) is 0. The highest BCUT2D eigenvalue weighted by molar-refractivity contribution is 7.16. The van der Waals surface area contributed by atoms with Gasteiger partial charge in [-0.3, -0.25) is 0 Å². The predicted molar refractivity (Wildman–Crippen MR) is 68.6 cm³/mol. The molecule has 2 unspecified atom stereocenters. The molecule has 1 heterocycles. The molecule has 0 saturated heterocycles. The topological polar surface area (TPSA) is 65.2 Å². The number of esters is 1. The second-order valence-electron chi connectivity index (χ2n) is 4.86. The third-order valence-corrected chi connectivity index (χ3v) is 4.58. The Morgan fingerprint density at radius 2 is 2.15 bits per heavy atom. The van der Waals surface area contributed by atoms with Crippen LogP contribution in [-0.4, -0.2) is 24.2 Å². The van der Waals surface area contributed by atoms with Crippen molar-refractivity contribution in [3.05, 3.63) is 10.7 Å². The molecule has 8 heteroatoms. The summed E-state index contributed by atoms with van der Waals surface area (Å²) in [5.41, 5.74) is 5.68. The molecule has 1 saturated carbocycles. The Balaban J connectivity index is 2.17. The fourth-order valence-electron chi connectivity index (χ4n) is 2.48. The molecule has 2 atom stereocenters. The number of carbonyl (C=O) groups excluding carboxylic acids is 1. The van der Waals surface area contributed by atoms with Crippen molar-refractivity contribution < 1.29 is 22.7 Å². The Morgan fingerprint density at radius 3 is 2.75 bits per heavy atom. The van der Waals surface area contributed by atoms with Crippen molar-refractivity contribution in [2.75, 3.05) is 12.8 Å². The smallest absolute Gasteiger partial charge is 0.391 e. The molecular formula is C12H15F3N2O2S. The van der Waals surface area contributed by atoms with Crippen LogP contribution in [0.1, 0.15) is 47.1 Å². The molecule has 0 spiro atoms. The Hall–Kier alpha value is -1.31. The van der Waals surface area contributed by atoms with Gasteiger partial charge < -0.3 is 10.5 Å². The minimum Gasteiger partial charge on any atom is -0.464 e. The zero-order valence-corrected chi connectivity index (χ0v) is 11.7. The van der Waals surface area contributed by atoms with Crippen molar-refractivity contribution >= 4 is 22.3 Å². The summed E-state index contributed by atoms with van der Waals surface area (Å²) >= 11 is 1.08. The summed E-state index contributed by atoms with van der Waals surface area (Å²) in [6, 6.07) is 0. The Labute approximate surface area is 118 Å². The zero-order valence-electron chi connectivity index (χ0n) is 10.9. The summed E-state index contributed by atoms with van der Waals surface area (Å²) in [7, 11) is 1.21. The monoisotopic (exact) mass is 308 g/mol. The van der Waals surface area contributed by atoms with E-state index in [9.17, 15) is 18.0 Å². The van der Waals surface area contributed by atoms with Crippen LogP contribution in [0.25, 0.3) is 0 Å². The van der Waals surface area contributed by atoms with Gasteiger partial charge in [-0.15, -0.1) is 11.3 Å². The molecule has 4 nitrogen and oxygen atoms in total. The van der Waals surface area contributed by atoms with Gasteiger partial charge in [0.2, 0.25) is 0 Å². The van der Waals surface area contributed by atoms with E-state index in [-0.39, 0.29) is 29.5 Å². The lowest BCUT2D eigenvalue weighted by atomic mass is 9.81. The lowest BCUT2D eigenvalue weighted by molar-refractivity contribution is -0.183. The number of alkyl halides is 3. The molecule has 1 aliphatic rings. The Morgan fingerprint density at radius 1 is 1.45 bits per heavy atom. The third kappa shape index (κ3) is 3.05. The molecule has 1 aromatic rings. The molecule has 1 aliphatic carbocycles. The van der Waals surface area contributed by atoms with Crippen molar-refractivity contribution in [2.45, 2.75) is 37.8 Å². The van der Waals surface area contributed by atoms with Crippen LogP contribution in [0.5, 0.6) is 0 Å². The van der Waals surface area contributed by atoms with Gasteiger partial charge in [0.1, 0.15) is 5.00 Å². The van der Waals surface area contributed by atoms with E-state index in [1.54, 1.807) is 0 Å². The molecule has 1 fully saturated rings. The van der Waals surface area contributed by atoms with E-state index in [1.807, 2.05) is 0 Å². The van der Waals surface area contributed by atoms with E-state index in [2.05, 4.69) is 9.72 Å². The first-order chi connectivity index (χ1) is 9.32. The minimum atomic E-state index is -4.17. The van der Waals surface area contributed by atoms with Gasteiger partial charge in [-0.25, -0.2) is 9.78 Å². The lowest BCUT2D eigenvalue weighted by Crippen LogP contribution is -2.28. The van der Waals surface area contributed by atoms with Crippen LogP contribution in [-0.2, 0) is 4.74 Å². The van der Waals surface area contributed by atoms with Gasteiger partial charge >= 0.3 is 12.1 Å². The lowest BCUT2D eigenvalue weighted by Gasteiger charge is -2.29. The van der Waals surface area contributed by atoms with E-state index in [4.69, 9.17) is 5.73 Å². The van der Waals surface area contributed by atoms with Crippen LogP contribution in [0.3, 0.4) is 0 Å². The second kappa shape index (κ2) is 5.59. The van der Waals surface area contributed by atoms with Crippen LogP contribution in [0.2, 0.25) is 0 Å². The first-order valence-electron chi connectivity index (χ1n) is 6.24. The molecule has 2 N–H and O–H groups in total. The number of nitrogens with zero attached hydrogens (tertiary/aromatic N) is 1. The van der Waals surface area contributed by atoms with Gasteiger partial charge in [0.15, 0.2) is 5.69 Å². The number of halogens is 3. The summed E-state index contributed by atoms with van der Waals surface area (Å²) in [5, 5.41) is 0.692. The number of hydrogen-bond acceptors (Lipinski definition) is 5. The second-order valence-corrected chi connectivity index (χ2v) is 5.92. The SMILES string of the molecule is COC(=O)c1nc(C2CCCC(C(F)(F)F)C2)sc1N. The van der Waals surface area contributed by atoms with E-state index in [1.165, 1.54) is 7.11 Å². The molecular weight excluding hydrogens is 293 g/mol. The normalized spacial score (nSPS) is 23.6.